The summed E-state index contributed by atoms with van der Waals surface area (Å²) in [6, 6.07) is 1.35. The van der Waals surface area contributed by atoms with E-state index in [1.54, 1.807) is 11.0 Å². The first-order valence-corrected chi connectivity index (χ1v) is 7.61. The SMILES string of the molecule is COc1cc[nH]c(=O)c1CNC(=O)N1CC2(CCCNC2=O)C1. The number of carbonyl (C=O) groups excluding carboxylic acids is 2. The molecule has 0 atom stereocenters. The average molecular weight is 320 g/mol. The molecule has 3 amide bonds. The number of hydrogen-bond acceptors (Lipinski definition) is 4. The quantitative estimate of drug-likeness (QED) is 0.718. The Morgan fingerprint density at radius 3 is 2.91 bits per heavy atom. The highest BCUT2D eigenvalue weighted by Crippen LogP contribution is 2.37. The van der Waals surface area contributed by atoms with Crippen molar-refractivity contribution in [2.45, 2.75) is 19.4 Å². The Kier molecular flexibility index (Phi) is 3.97. The second kappa shape index (κ2) is 5.94. The van der Waals surface area contributed by atoms with Crippen LogP contribution in [0.3, 0.4) is 0 Å². The van der Waals surface area contributed by atoms with Crippen LogP contribution < -0.4 is 20.9 Å². The van der Waals surface area contributed by atoms with Crippen LogP contribution in [0.2, 0.25) is 0 Å². The number of aromatic amines is 1. The van der Waals surface area contributed by atoms with Gasteiger partial charge in [-0.1, -0.05) is 0 Å². The van der Waals surface area contributed by atoms with Crippen molar-refractivity contribution < 1.29 is 14.3 Å². The molecule has 1 aromatic rings. The van der Waals surface area contributed by atoms with E-state index in [-0.39, 0.29) is 24.0 Å². The topological polar surface area (TPSA) is 104 Å². The van der Waals surface area contributed by atoms with Gasteiger partial charge in [-0.2, -0.15) is 0 Å². The summed E-state index contributed by atoms with van der Waals surface area (Å²) in [7, 11) is 1.47. The molecule has 8 nitrogen and oxygen atoms in total. The number of H-pyrrole nitrogens is 1. The van der Waals surface area contributed by atoms with Crippen LogP contribution in [0.1, 0.15) is 18.4 Å². The van der Waals surface area contributed by atoms with Crippen LogP contribution >= 0.6 is 0 Å². The molecule has 3 heterocycles. The predicted molar refractivity (Wildman–Crippen MR) is 82.1 cm³/mol. The molecule has 1 spiro atoms. The highest BCUT2D eigenvalue weighted by Gasteiger charge is 2.51. The van der Waals surface area contributed by atoms with Gasteiger partial charge in [-0.25, -0.2) is 4.79 Å². The van der Waals surface area contributed by atoms with E-state index < -0.39 is 5.41 Å². The third-order valence-corrected chi connectivity index (χ3v) is 4.53. The summed E-state index contributed by atoms with van der Waals surface area (Å²) < 4.78 is 5.13. The minimum absolute atomic E-state index is 0.0361. The van der Waals surface area contributed by atoms with Crippen molar-refractivity contribution in [1.29, 1.82) is 0 Å². The van der Waals surface area contributed by atoms with Gasteiger partial charge in [0.2, 0.25) is 5.91 Å². The van der Waals surface area contributed by atoms with E-state index in [0.29, 0.717) is 30.9 Å². The molecule has 3 rings (SSSR count). The van der Waals surface area contributed by atoms with Gasteiger partial charge in [-0.3, -0.25) is 9.59 Å². The van der Waals surface area contributed by atoms with Crippen LogP contribution in [0.5, 0.6) is 5.75 Å². The van der Waals surface area contributed by atoms with Crippen molar-refractivity contribution in [2.24, 2.45) is 5.41 Å². The van der Waals surface area contributed by atoms with Crippen molar-refractivity contribution in [3.63, 3.8) is 0 Å². The molecule has 0 saturated carbocycles. The summed E-state index contributed by atoms with van der Waals surface area (Å²) in [5.41, 5.74) is -0.345. The Bertz CT molecular complexity index is 678. The molecular weight excluding hydrogens is 300 g/mol. The van der Waals surface area contributed by atoms with Gasteiger partial charge < -0.3 is 25.3 Å². The van der Waals surface area contributed by atoms with Gasteiger partial charge in [0.1, 0.15) is 5.75 Å². The lowest BCUT2D eigenvalue weighted by Gasteiger charge is -2.50. The first-order valence-electron chi connectivity index (χ1n) is 7.61. The zero-order chi connectivity index (χ0) is 16.4. The van der Waals surface area contributed by atoms with E-state index in [9.17, 15) is 14.4 Å². The lowest BCUT2D eigenvalue weighted by Crippen LogP contribution is -2.67. The molecular formula is C15H20N4O4. The number of likely N-dealkylation sites (tertiary alicyclic amines) is 1. The lowest BCUT2D eigenvalue weighted by atomic mass is 9.73. The number of nitrogens with zero attached hydrogens (tertiary/aromatic N) is 1. The maximum Gasteiger partial charge on any atom is 0.317 e. The minimum Gasteiger partial charge on any atom is -0.496 e. The van der Waals surface area contributed by atoms with Crippen LogP contribution in [0.4, 0.5) is 4.79 Å². The molecule has 0 unspecified atom stereocenters. The van der Waals surface area contributed by atoms with E-state index >= 15 is 0 Å². The highest BCUT2D eigenvalue weighted by atomic mass is 16.5. The Labute approximate surface area is 133 Å². The number of methoxy groups -OCH3 is 1. The summed E-state index contributed by atoms with van der Waals surface area (Å²) in [5.74, 6) is 0.467. The van der Waals surface area contributed by atoms with Gasteiger partial charge in [-0.15, -0.1) is 0 Å². The Hall–Kier alpha value is -2.51. The summed E-state index contributed by atoms with van der Waals surface area (Å²) in [6.45, 7) is 1.64. The second-order valence-electron chi connectivity index (χ2n) is 6.01. The number of hydrogen-bond donors (Lipinski definition) is 3. The molecule has 2 fully saturated rings. The van der Waals surface area contributed by atoms with Crippen LogP contribution in [0, 0.1) is 5.41 Å². The summed E-state index contributed by atoms with van der Waals surface area (Å²) >= 11 is 0. The highest BCUT2D eigenvalue weighted by molar-refractivity contribution is 5.87. The summed E-state index contributed by atoms with van der Waals surface area (Å²) in [6.07, 6.45) is 3.25. The molecule has 0 aromatic carbocycles. The molecule has 2 aliphatic rings. The van der Waals surface area contributed by atoms with Gasteiger partial charge in [0, 0.05) is 25.8 Å². The molecule has 0 aliphatic carbocycles. The fourth-order valence-electron chi connectivity index (χ4n) is 3.19. The van der Waals surface area contributed by atoms with E-state index in [1.807, 2.05) is 0 Å². The van der Waals surface area contributed by atoms with Gasteiger partial charge in [0.05, 0.1) is 24.6 Å². The zero-order valence-corrected chi connectivity index (χ0v) is 13.0. The fourth-order valence-corrected chi connectivity index (χ4v) is 3.19. The Morgan fingerprint density at radius 2 is 2.22 bits per heavy atom. The van der Waals surface area contributed by atoms with E-state index in [4.69, 9.17) is 4.74 Å². The molecule has 1 aromatic heterocycles. The smallest absolute Gasteiger partial charge is 0.317 e. The number of ether oxygens (including phenoxy) is 1. The van der Waals surface area contributed by atoms with E-state index in [1.165, 1.54) is 13.3 Å². The lowest BCUT2D eigenvalue weighted by molar-refractivity contribution is -0.142. The molecule has 3 N–H and O–H groups in total. The van der Waals surface area contributed by atoms with Gasteiger partial charge >= 0.3 is 6.03 Å². The number of pyridine rings is 1. The van der Waals surface area contributed by atoms with E-state index in [2.05, 4.69) is 15.6 Å². The zero-order valence-electron chi connectivity index (χ0n) is 13.0. The number of nitrogens with one attached hydrogen (secondary N) is 3. The van der Waals surface area contributed by atoms with Crippen LogP contribution in [-0.4, -0.2) is 48.6 Å². The molecule has 124 valence electrons. The van der Waals surface area contributed by atoms with Crippen molar-refractivity contribution in [3.8, 4) is 5.75 Å². The third-order valence-electron chi connectivity index (χ3n) is 4.53. The normalized spacial score (nSPS) is 19.0. The first kappa shape index (κ1) is 15.4. The Morgan fingerprint density at radius 1 is 1.43 bits per heavy atom. The van der Waals surface area contributed by atoms with Crippen molar-refractivity contribution in [3.05, 3.63) is 28.2 Å². The first-order chi connectivity index (χ1) is 11.1. The maximum absolute atomic E-state index is 12.2. The van der Waals surface area contributed by atoms with Crippen molar-refractivity contribution in [1.82, 2.24) is 20.5 Å². The standard InChI is InChI=1S/C15H20N4O4/c1-23-11-3-6-16-12(20)10(11)7-18-14(22)19-8-15(9-19)4-2-5-17-13(15)21/h3,6H,2,4-5,7-9H2,1H3,(H,16,20)(H,17,21)(H,18,22). The molecule has 2 saturated heterocycles. The molecule has 23 heavy (non-hydrogen) atoms. The number of amides is 3. The molecule has 0 radical (unpaired) electrons. The molecule has 2 aliphatic heterocycles. The minimum atomic E-state index is -0.419. The number of carbonyl (C=O) groups is 2. The Balaban J connectivity index is 1.58. The number of rotatable bonds is 3. The molecule has 0 bridgehead atoms. The van der Waals surface area contributed by atoms with Gasteiger partial charge in [0.15, 0.2) is 0 Å². The van der Waals surface area contributed by atoms with Crippen molar-refractivity contribution in [2.75, 3.05) is 26.7 Å². The largest absolute Gasteiger partial charge is 0.496 e. The third kappa shape index (κ3) is 2.76. The fraction of sp³-hybridized carbons (Fsp3) is 0.533. The van der Waals surface area contributed by atoms with Gasteiger partial charge in [0.25, 0.3) is 5.56 Å². The average Bonchev–Trinajstić information content (AvgIpc) is 2.51. The summed E-state index contributed by atoms with van der Waals surface area (Å²) in [5, 5.41) is 5.56. The molecule has 8 heteroatoms. The number of aromatic nitrogens is 1. The monoisotopic (exact) mass is 320 g/mol. The van der Waals surface area contributed by atoms with Crippen LogP contribution in [0.15, 0.2) is 17.1 Å². The predicted octanol–water partition coefficient (Wildman–Crippen LogP) is -0.195. The van der Waals surface area contributed by atoms with Crippen molar-refractivity contribution >= 4 is 11.9 Å². The maximum atomic E-state index is 12.2. The van der Waals surface area contributed by atoms with Gasteiger partial charge in [-0.05, 0) is 18.9 Å². The summed E-state index contributed by atoms with van der Waals surface area (Å²) in [4.78, 5) is 40.1. The number of urea groups is 1. The van der Waals surface area contributed by atoms with Crippen LogP contribution in [0.25, 0.3) is 0 Å². The van der Waals surface area contributed by atoms with E-state index in [0.717, 1.165) is 12.8 Å². The second-order valence-corrected chi connectivity index (χ2v) is 6.01. The van der Waals surface area contributed by atoms with Crippen LogP contribution in [-0.2, 0) is 11.3 Å². The number of piperidine rings is 1.